The molecule has 0 spiro atoms. The van der Waals surface area contributed by atoms with Crippen molar-refractivity contribution in [2.24, 2.45) is 0 Å². The molecule has 0 aromatic heterocycles. The van der Waals surface area contributed by atoms with Crippen molar-refractivity contribution in [1.29, 1.82) is 0 Å². The first-order chi connectivity index (χ1) is 11.5. The minimum atomic E-state index is -4.45. The van der Waals surface area contributed by atoms with Crippen LogP contribution < -0.4 is 10.1 Å². The van der Waals surface area contributed by atoms with E-state index in [-0.39, 0.29) is 25.2 Å². The monoisotopic (exact) mass is 363 g/mol. The first kappa shape index (κ1) is 20.8. The van der Waals surface area contributed by atoms with Crippen LogP contribution in [-0.4, -0.2) is 49.0 Å². The molecule has 1 rings (SSSR count). The van der Waals surface area contributed by atoms with Crippen LogP contribution in [0.1, 0.15) is 18.9 Å². The molecule has 6 nitrogen and oxygen atoms in total. The topological polar surface area (TPSA) is 84.9 Å². The van der Waals surface area contributed by atoms with E-state index in [2.05, 4.69) is 10.1 Å². The number of nitrogens with one attached hydrogen (secondary N) is 1. The highest BCUT2D eigenvalue weighted by Crippen LogP contribution is 2.20. The third-order valence-electron chi connectivity index (χ3n) is 3.11. The van der Waals surface area contributed by atoms with E-state index in [0.717, 1.165) is 0 Å². The minimum absolute atomic E-state index is 0.000225. The van der Waals surface area contributed by atoms with E-state index in [1.807, 2.05) is 0 Å². The maximum absolute atomic E-state index is 12.2. The van der Waals surface area contributed by atoms with Crippen molar-refractivity contribution >= 4 is 11.9 Å². The van der Waals surface area contributed by atoms with E-state index in [0.29, 0.717) is 5.56 Å². The Morgan fingerprint density at radius 1 is 1.24 bits per heavy atom. The molecule has 1 atom stereocenters. The molecule has 140 valence electrons. The number of hydrogen-bond donors (Lipinski definition) is 2. The number of halogens is 3. The number of benzene rings is 1. The van der Waals surface area contributed by atoms with Crippen molar-refractivity contribution in [3.8, 4) is 5.75 Å². The summed E-state index contributed by atoms with van der Waals surface area (Å²) in [4.78, 5) is 23.0. The molecule has 0 saturated heterocycles. The first-order valence-electron chi connectivity index (χ1n) is 7.33. The van der Waals surface area contributed by atoms with Crippen molar-refractivity contribution in [2.75, 3.05) is 20.3 Å². The van der Waals surface area contributed by atoms with E-state index in [4.69, 9.17) is 9.84 Å². The van der Waals surface area contributed by atoms with Gasteiger partial charge in [0.1, 0.15) is 5.75 Å². The van der Waals surface area contributed by atoms with Gasteiger partial charge in [0.2, 0.25) is 5.91 Å². The molecule has 1 aromatic rings. The lowest BCUT2D eigenvalue weighted by Crippen LogP contribution is -2.51. The predicted molar refractivity (Wildman–Crippen MR) is 82.4 cm³/mol. The number of carbonyl (C=O) groups is 2. The summed E-state index contributed by atoms with van der Waals surface area (Å²) in [6, 6.07) is 5.72. The van der Waals surface area contributed by atoms with Crippen LogP contribution in [0.4, 0.5) is 13.2 Å². The van der Waals surface area contributed by atoms with Gasteiger partial charge in [0.05, 0.1) is 25.0 Å². The molecule has 0 fully saturated rings. The Hall–Kier alpha value is -2.29. The molecule has 0 radical (unpaired) electrons. The predicted octanol–water partition coefficient (Wildman–Crippen LogP) is 2.17. The molecule has 0 saturated carbocycles. The molecule has 1 aromatic carbocycles. The SMILES string of the molecule is COCC(C)(CC(=O)O)NC(=O)Cc1cccc(OCC(F)(F)F)c1. The number of rotatable bonds is 9. The van der Waals surface area contributed by atoms with Crippen molar-refractivity contribution < 1.29 is 37.3 Å². The van der Waals surface area contributed by atoms with E-state index in [1.54, 1.807) is 6.07 Å². The van der Waals surface area contributed by atoms with Crippen LogP contribution in [0.25, 0.3) is 0 Å². The van der Waals surface area contributed by atoms with E-state index in [9.17, 15) is 22.8 Å². The second-order valence-corrected chi connectivity index (χ2v) is 5.84. The summed E-state index contributed by atoms with van der Waals surface area (Å²) in [6.45, 7) is 0.109. The Bertz CT molecular complexity index is 606. The third kappa shape index (κ3) is 8.39. The third-order valence-corrected chi connectivity index (χ3v) is 3.11. The Labute approximate surface area is 142 Å². The molecule has 9 heteroatoms. The Morgan fingerprint density at radius 3 is 2.48 bits per heavy atom. The molecule has 0 heterocycles. The van der Waals surface area contributed by atoms with Gasteiger partial charge < -0.3 is 19.9 Å². The zero-order valence-corrected chi connectivity index (χ0v) is 13.9. The number of aliphatic carboxylic acids is 1. The molecule has 1 amide bonds. The first-order valence-corrected chi connectivity index (χ1v) is 7.33. The lowest BCUT2D eigenvalue weighted by Gasteiger charge is -2.28. The van der Waals surface area contributed by atoms with Gasteiger partial charge in [0.15, 0.2) is 6.61 Å². The lowest BCUT2D eigenvalue weighted by atomic mass is 9.98. The van der Waals surface area contributed by atoms with E-state index in [1.165, 1.54) is 32.2 Å². The van der Waals surface area contributed by atoms with Gasteiger partial charge in [-0.15, -0.1) is 0 Å². The van der Waals surface area contributed by atoms with Crippen molar-refractivity contribution in [1.82, 2.24) is 5.32 Å². The number of carboxylic acid groups (broad SMARTS) is 1. The van der Waals surface area contributed by atoms with Crippen LogP contribution in [0, 0.1) is 0 Å². The number of methoxy groups -OCH3 is 1. The molecular formula is C16H20F3NO5. The number of hydrogen-bond acceptors (Lipinski definition) is 4. The number of carbonyl (C=O) groups excluding carboxylic acids is 1. The lowest BCUT2D eigenvalue weighted by molar-refractivity contribution is -0.153. The molecule has 0 bridgehead atoms. The Balaban J connectivity index is 2.71. The van der Waals surface area contributed by atoms with Gasteiger partial charge in [-0.25, -0.2) is 0 Å². The Morgan fingerprint density at radius 2 is 1.92 bits per heavy atom. The molecular weight excluding hydrogens is 343 g/mol. The highest BCUT2D eigenvalue weighted by atomic mass is 19.4. The quantitative estimate of drug-likeness (QED) is 0.702. The van der Waals surface area contributed by atoms with Gasteiger partial charge in [0, 0.05) is 7.11 Å². The van der Waals surface area contributed by atoms with Gasteiger partial charge in [0.25, 0.3) is 0 Å². The molecule has 1 unspecified atom stereocenters. The van der Waals surface area contributed by atoms with Crippen molar-refractivity contribution in [3.63, 3.8) is 0 Å². The van der Waals surface area contributed by atoms with Gasteiger partial charge >= 0.3 is 12.1 Å². The van der Waals surface area contributed by atoms with Crippen LogP contribution in [0.5, 0.6) is 5.75 Å². The second-order valence-electron chi connectivity index (χ2n) is 5.84. The minimum Gasteiger partial charge on any atom is -0.484 e. The van der Waals surface area contributed by atoms with Crippen LogP contribution in [0.3, 0.4) is 0 Å². The van der Waals surface area contributed by atoms with Crippen LogP contribution >= 0.6 is 0 Å². The largest absolute Gasteiger partial charge is 0.484 e. The van der Waals surface area contributed by atoms with Crippen LogP contribution in [-0.2, 0) is 20.7 Å². The zero-order valence-electron chi connectivity index (χ0n) is 13.9. The average Bonchev–Trinajstić information content (AvgIpc) is 2.43. The standard InChI is InChI=1S/C16H20F3NO5/c1-15(9-24-2,8-14(22)23)20-13(21)7-11-4-3-5-12(6-11)25-10-16(17,18)19/h3-6H,7-10H2,1-2H3,(H,20,21)(H,22,23). The maximum Gasteiger partial charge on any atom is 0.422 e. The smallest absolute Gasteiger partial charge is 0.422 e. The van der Waals surface area contributed by atoms with Crippen LogP contribution in [0.2, 0.25) is 0 Å². The molecule has 0 aliphatic heterocycles. The summed E-state index contributed by atoms with van der Waals surface area (Å²) in [6.07, 6.45) is -4.92. The zero-order chi connectivity index (χ0) is 19.1. The number of amides is 1. The van der Waals surface area contributed by atoms with E-state index < -0.39 is 30.2 Å². The van der Waals surface area contributed by atoms with Gasteiger partial charge in [-0.2, -0.15) is 13.2 Å². The normalized spacial score (nSPS) is 13.8. The number of ether oxygens (including phenoxy) is 2. The number of carboxylic acids is 1. The fourth-order valence-corrected chi connectivity index (χ4v) is 2.26. The summed E-state index contributed by atoms with van der Waals surface area (Å²) < 4.78 is 46.1. The van der Waals surface area contributed by atoms with Gasteiger partial charge in [-0.3, -0.25) is 9.59 Å². The summed E-state index contributed by atoms with van der Waals surface area (Å²) in [5, 5.41) is 11.5. The maximum atomic E-state index is 12.2. The van der Waals surface area contributed by atoms with Crippen molar-refractivity contribution in [2.45, 2.75) is 31.5 Å². The van der Waals surface area contributed by atoms with Gasteiger partial charge in [-0.1, -0.05) is 12.1 Å². The highest BCUT2D eigenvalue weighted by Gasteiger charge is 2.30. The van der Waals surface area contributed by atoms with E-state index >= 15 is 0 Å². The summed E-state index contributed by atoms with van der Waals surface area (Å²) in [7, 11) is 1.38. The van der Waals surface area contributed by atoms with Gasteiger partial charge in [-0.05, 0) is 24.6 Å². The molecule has 0 aliphatic rings. The molecule has 0 aliphatic carbocycles. The summed E-state index contributed by atoms with van der Waals surface area (Å²) >= 11 is 0. The summed E-state index contributed by atoms with van der Waals surface area (Å²) in [5.41, 5.74) is -0.658. The second kappa shape index (κ2) is 8.70. The molecule has 2 N–H and O–H groups in total. The van der Waals surface area contributed by atoms with Crippen LogP contribution in [0.15, 0.2) is 24.3 Å². The highest BCUT2D eigenvalue weighted by molar-refractivity contribution is 5.80. The Kier molecular flexibility index (Phi) is 7.22. The fourth-order valence-electron chi connectivity index (χ4n) is 2.26. The molecule has 25 heavy (non-hydrogen) atoms. The number of alkyl halides is 3. The fraction of sp³-hybridized carbons (Fsp3) is 0.500. The average molecular weight is 363 g/mol. The summed E-state index contributed by atoms with van der Waals surface area (Å²) in [5.74, 6) is -1.58. The van der Waals surface area contributed by atoms with Crippen molar-refractivity contribution in [3.05, 3.63) is 29.8 Å².